The van der Waals surface area contributed by atoms with E-state index in [1.807, 2.05) is 209 Å². The summed E-state index contributed by atoms with van der Waals surface area (Å²) in [6.07, 6.45) is 21.9. The maximum absolute atomic E-state index is 12.9. The number of rotatable bonds is 14. The number of pyridine rings is 3. The van der Waals surface area contributed by atoms with Gasteiger partial charge in [-0.25, -0.2) is 52.1 Å². The first kappa shape index (κ1) is 89.7. The number of hydrogen-bond acceptors (Lipinski definition) is 19. The molecule has 3 aliphatic heterocycles. The Kier molecular flexibility index (Phi) is 27.4. The molecule has 15 rings (SSSR count). The van der Waals surface area contributed by atoms with Gasteiger partial charge in [-0.3, -0.25) is 29.7 Å². The number of sulfonamides is 1. The van der Waals surface area contributed by atoms with Crippen LogP contribution in [0.4, 0.5) is 24.0 Å². The summed E-state index contributed by atoms with van der Waals surface area (Å²) in [4.78, 5) is 103. The fourth-order valence-electron chi connectivity index (χ4n) is 16.4. The van der Waals surface area contributed by atoms with E-state index in [0.717, 1.165) is 102 Å². The highest BCUT2D eigenvalue weighted by Gasteiger charge is 2.42. The van der Waals surface area contributed by atoms with Gasteiger partial charge in [0.1, 0.15) is 16.8 Å². The van der Waals surface area contributed by atoms with Gasteiger partial charge in [-0.15, -0.1) is 0 Å². The number of piperazine rings is 3. The third kappa shape index (κ3) is 21.4. The molecular formula is C89H107Cl3N20O10S. The summed E-state index contributed by atoms with van der Waals surface area (Å²) in [6, 6.07) is 25.8. The number of aromatic nitrogens is 9. The largest absolute Gasteiger partial charge is 0.444 e. The molecule has 3 aromatic carbocycles. The number of fused-ring (bicyclic) bond motifs is 6. The van der Waals surface area contributed by atoms with Crippen molar-refractivity contribution < 1.29 is 46.6 Å². The van der Waals surface area contributed by atoms with Crippen molar-refractivity contribution in [2.75, 3.05) is 91.3 Å². The maximum atomic E-state index is 12.9. The molecule has 30 nitrogen and oxygen atoms in total. The van der Waals surface area contributed by atoms with Gasteiger partial charge in [-0.2, -0.15) is 0 Å². The number of nitrogens with zero attached hydrogens (tertiary/aromatic N) is 15. The minimum atomic E-state index is -3.62. The average Bonchev–Trinajstić information content (AvgIpc) is 1.61. The van der Waals surface area contributed by atoms with E-state index in [0.29, 0.717) is 106 Å². The summed E-state index contributed by atoms with van der Waals surface area (Å²) in [5, 5.41) is 10.6. The van der Waals surface area contributed by atoms with Crippen LogP contribution < -0.4 is 26.4 Å². The highest BCUT2D eigenvalue weighted by atomic mass is 35.5. The predicted molar refractivity (Wildman–Crippen MR) is 475 cm³/mol. The summed E-state index contributed by atoms with van der Waals surface area (Å²) >= 11 is 19.8. The molecule has 650 valence electrons. The number of carbonyl (C=O) groups excluding carboxylic acids is 5. The third-order valence-electron chi connectivity index (χ3n) is 21.8. The molecule has 34 heteroatoms. The van der Waals surface area contributed by atoms with Gasteiger partial charge in [0.25, 0.3) is 0 Å². The van der Waals surface area contributed by atoms with E-state index >= 15 is 0 Å². The van der Waals surface area contributed by atoms with Crippen LogP contribution in [0.3, 0.4) is 0 Å². The summed E-state index contributed by atoms with van der Waals surface area (Å²) < 4.78 is 50.5. The van der Waals surface area contributed by atoms with Crippen LogP contribution in [0.2, 0.25) is 15.1 Å². The molecule has 3 fully saturated rings. The molecule has 3 aliphatic carbocycles. The zero-order valence-corrected chi connectivity index (χ0v) is 74.7. The van der Waals surface area contributed by atoms with Crippen LogP contribution in [0, 0.1) is 0 Å². The standard InChI is InChI=1S/C31H38ClN7O3.C29H34ClN7O3.C29H35ClN6O4S/c1-6-34-29(40)36-27(25-18-33-19-37(25)5)24-16-20-8-7-11-35-26(20)28(22-10-9-21(32)17-23(22)24)38-12-14-39(15-13-38)30(41)42-31(2,3)4;1-29(2,3)40-28(39)37-12-10-36(11-13-37)26-20-8-7-19(30)15-21(20)22(14-18-6-5-9-33-24(18)26)25(34-27(31)38)23-16-32-17-35(23)4;1-29(2,3)40-28(37)36-13-11-35(12-14-36)27-21-9-8-20(30)16-22(21)23(15-19-7-6-10-32-25(19)27)26(33-41(5,38)39)24-17-31-18-34(24)4/h7-11,16-19,27-28H,6,12-15H2,1-5H3,(H2,34,36,40);5-9,14-17,25-26H,10-13H2,1-4H3,(H3,31,34,38);6-10,15-18,26-27,33H,11-14H2,1-5H3/t27?,28-;25?,26-;26?,27-/m000/s1. The number of primary amides is 1. The van der Waals surface area contributed by atoms with Crippen LogP contribution in [-0.4, -0.2) is 220 Å². The molecule has 0 bridgehead atoms. The van der Waals surface area contributed by atoms with Crippen LogP contribution in [0.25, 0.3) is 34.9 Å². The lowest BCUT2D eigenvalue weighted by Crippen LogP contribution is -2.51. The topological polar surface area (TPSA) is 333 Å². The smallest absolute Gasteiger partial charge is 0.410 e. The van der Waals surface area contributed by atoms with E-state index in [-0.39, 0.29) is 42.4 Å². The second kappa shape index (κ2) is 37.6. The number of hydrogen-bond donors (Lipinski definition) is 5. The highest BCUT2D eigenvalue weighted by Crippen LogP contribution is 2.49. The quantitative estimate of drug-likeness (QED) is 0.0631. The normalized spacial score (nSPS) is 18.2. The fourth-order valence-corrected chi connectivity index (χ4v) is 17.6. The number of halogens is 3. The molecule has 6 aliphatic rings. The molecule has 9 aromatic rings. The van der Waals surface area contributed by atoms with Crippen molar-refractivity contribution in [2.24, 2.45) is 26.9 Å². The number of benzene rings is 3. The first-order valence-electron chi connectivity index (χ1n) is 40.9. The van der Waals surface area contributed by atoms with Crippen LogP contribution in [0.1, 0.15) is 190 Å². The lowest BCUT2D eigenvalue weighted by Gasteiger charge is -2.40. The number of carbonyl (C=O) groups is 5. The van der Waals surface area contributed by atoms with Gasteiger partial charge >= 0.3 is 30.3 Å². The van der Waals surface area contributed by atoms with Crippen molar-refractivity contribution in [2.45, 2.75) is 122 Å². The monoisotopic (exact) mass is 1750 g/mol. The Labute approximate surface area is 732 Å². The molecule has 6 aromatic heterocycles. The summed E-state index contributed by atoms with van der Waals surface area (Å²) in [7, 11) is 1.99. The van der Waals surface area contributed by atoms with E-state index in [4.69, 9.17) is 69.7 Å². The molecule has 3 unspecified atom stereocenters. The van der Waals surface area contributed by atoms with Gasteiger partial charge in [-0.1, -0.05) is 71.2 Å². The van der Waals surface area contributed by atoms with Crippen molar-refractivity contribution in [3.8, 4) is 0 Å². The van der Waals surface area contributed by atoms with E-state index in [2.05, 4.69) is 56.4 Å². The van der Waals surface area contributed by atoms with Crippen molar-refractivity contribution in [3.63, 3.8) is 0 Å². The first-order valence-corrected chi connectivity index (χ1v) is 43.9. The summed E-state index contributed by atoms with van der Waals surface area (Å²) in [5.74, 6) is 0. The number of ether oxygens (including phenoxy) is 3. The Morgan fingerprint density at radius 3 is 1.04 bits per heavy atom. The zero-order valence-electron chi connectivity index (χ0n) is 71.7. The third-order valence-corrected chi connectivity index (χ3v) is 23.2. The fraction of sp³-hybridized carbons (Fsp3) is 0.404. The van der Waals surface area contributed by atoms with Crippen LogP contribution in [-0.2, 0) is 45.4 Å². The maximum Gasteiger partial charge on any atom is 0.410 e. The van der Waals surface area contributed by atoms with Gasteiger partial charge in [-0.05, 0) is 209 Å². The Balaban J connectivity index is 0.000000159. The average molecular weight is 1760 g/mol. The number of imidazole rings is 3. The van der Waals surface area contributed by atoms with Crippen molar-refractivity contribution >= 4 is 110 Å². The molecular weight excluding hydrogens is 1650 g/mol. The Hall–Kier alpha value is -11.0. The second-order valence-electron chi connectivity index (χ2n) is 34.1. The van der Waals surface area contributed by atoms with Gasteiger partial charge in [0.2, 0.25) is 10.0 Å². The molecule has 3 saturated heterocycles. The molecule has 6 atom stereocenters. The van der Waals surface area contributed by atoms with Crippen molar-refractivity contribution in [3.05, 3.63) is 246 Å². The van der Waals surface area contributed by atoms with Crippen LogP contribution in [0.15, 0.2) is 147 Å². The molecule has 123 heavy (non-hydrogen) atoms. The van der Waals surface area contributed by atoms with E-state index in [1.54, 1.807) is 69.2 Å². The predicted octanol–water partition coefficient (Wildman–Crippen LogP) is 13.7. The second-order valence-corrected chi connectivity index (χ2v) is 37.2. The number of nitrogens with two attached hydrogens (primary N) is 1. The number of nitrogens with one attached hydrogen (secondary N) is 4. The van der Waals surface area contributed by atoms with E-state index in [9.17, 15) is 32.4 Å². The van der Waals surface area contributed by atoms with Crippen LogP contribution in [0.5, 0.6) is 0 Å². The van der Waals surface area contributed by atoms with Crippen molar-refractivity contribution in [1.29, 1.82) is 0 Å². The number of aryl methyl sites for hydroxylation is 3. The molecule has 6 N–H and O–H groups in total. The summed E-state index contributed by atoms with van der Waals surface area (Å²) in [6.45, 7) is 26.1. The van der Waals surface area contributed by atoms with Crippen LogP contribution >= 0.6 is 34.8 Å². The lowest BCUT2D eigenvalue weighted by atomic mass is 9.90. The minimum Gasteiger partial charge on any atom is -0.444 e. The zero-order chi connectivity index (χ0) is 88.1. The molecule has 7 amide bonds. The molecule has 0 radical (unpaired) electrons. The van der Waals surface area contributed by atoms with Gasteiger partial charge in [0.05, 0.1) is 114 Å². The molecule has 9 heterocycles. The van der Waals surface area contributed by atoms with Gasteiger partial charge in [0.15, 0.2) is 0 Å². The highest BCUT2D eigenvalue weighted by molar-refractivity contribution is 7.88. The summed E-state index contributed by atoms with van der Waals surface area (Å²) in [5.41, 5.74) is 19.7. The number of amides is 7. The van der Waals surface area contributed by atoms with E-state index < -0.39 is 51.0 Å². The van der Waals surface area contributed by atoms with Gasteiger partial charge < -0.3 is 64.3 Å². The van der Waals surface area contributed by atoms with E-state index in [1.165, 1.54) is 0 Å². The first-order chi connectivity index (χ1) is 58.4. The number of urea groups is 2. The Morgan fingerprint density at radius 2 is 0.764 bits per heavy atom. The van der Waals surface area contributed by atoms with Gasteiger partial charge in [0, 0.05) is 140 Å². The minimum absolute atomic E-state index is 0.195. The SMILES string of the molecule is CCNC(=O)NC(C1=Cc2cccnc2[C@@H](N2CCN(C(=O)OC(C)(C)C)CC2)c2ccc(Cl)cc21)c1cncn1C.Cn1cncc1C(NC(N)=O)C1=Cc2cccnc2[C@@H](N2CCN(C(=O)OC(C)(C)C)CC2)c2ccc(Cl)cc21.Cn1cncc1C(NS(C)(=O)=O)C1=Cc2cccnc2[C@@H](N2CCN(C(=O)OC(C)(C)C)CC2)c2ccc(Cl)cc21. The molecule has 0 saturated carbocycles. The Morgan fingerprint density at radius 1 is 0.463 bits per heavy atom. The molecule has 0 spiro atoms. The Bertz CT molecular complexity index is 5610. The lowest BCUT2D eigenvalue weighted by molar-refractivity contribution is 0.0109. The van der Waals surface area contributed by atoms with Crippen molar-refractivity contribution in [1.82, 2.24) is 93.7 Å².